The van der Waals surface area contributed by atoms with Gasteiger partial charge in [0.15, 0.2) is 0 Å². The normalized spacial score (nSPS) is 10.0. The molecule has 2 rings (SSSR count). The van der Waals surface area contributed by atoms with Gasteiger partial charge in [0.25, 0.3) is 5.69 Å². The maximum absolute atomic E-state index is 11.0. The topological polar surface area (TPSA) is 105 Å². The molecular formula is C13H12N4O3. The minimum atomic E-state index is -0.532. The van der Waals surface area contributed by atoms with Gasteiger partial charge in [0.1, 0.15) is 11.4 Å². The van der Waals surface area contributed by atoms with Crippen molar-refractivity contribution in [2.75, 3.05) is 5.32 Å². The Labute approximate surface area is 115 Å². The summed E-state index contributed by atoms with van der Waals surface area (Å²) < 4.78 is 5.40. The van der Waals surface area contributed by atoms with Crippen molar-refractivity contribution in [1.82, 2.24) is 4.98 Å². The maximum atomic E-state index is 11.0. The largest absolute Gasteiger partial charge is 0.444 e. The van der Waals surface area contributed by atoms with Crippen molar-refractivity contribution in [2.24, 2.45) is 0 Å². The summed E-state index contributed by atoms with van der Waals surface area (Å²) in [5, 5.41) is 22.6. The predicted molar refractivity (Wildman–Crippen MR) is 71.0 cm³/mol. The number of nitrogens with zero attached hydrogens (tertiary/aromatic N) is 3. The molecule has 7 nitrogen and oxygen atoms in total. The molecule has 2 aromatic rings. The lowest BCUT2D eigenvalue weighted by Gasteiger charge is -2.05. The Hall–Kier alpha value is -2.88. The molecule has 0 saturated carbocycles. The van der Waals surface area contributed by atoms with Crippen molar-refractivity contribution in [1.29, 1.82) is 5.26 Å². The number of aromatic nitrogens is 1. The van der Waals surface area contributed by atoms with E-state index in [2.05, 4.69) is 10.3 Å². The van der Waals surface area contributed by atoms with Crippen LogP contribution in [0.15, 0.2) is 28.8 Å². The number of anilines is 1. The van der Waals surface area contributed by atoms with E-state index in [0.29, 0.717) is 11.6 Å². The van der Waals surface area contributed by atoms with Crippen LogP contribution in [0, 0.1) is 21.4 Å². The molecule has 0 aliphatic rings. The first-order valence-electron chi connectivity index (χ1n) is 6.00. The van der Waals surface area contributed by atoms with Crippen LogP contribution >= 0.6 is 0 Å². The monoisotopic (exact) mass is 272 g/mol. The third-order valence-electron chi connectivity index (χ3n) is 2.70. The van der Waals surface area contributed by atoms with E-state index in [4.69, 9.17) is 9.68 Å². The lowest BCUT2D eigenvalue weighted by Crippen LogP contribution is -2.03. The summed E-state index contributed by atoms with van der Waals surface area (Å²) in [7, 11) is 0. The zero-order valence-electron chi connectivity index (χ0n) is 10.8. The van der Waals surface area contributed by atoms with Gasteiger partial charge in [-0.2, -0.15) is 5.26 Å². The molecule has 1 heterocycles. The number of rotatable bonds is 5. The molecule has 0 bridgehead atoms. The third kappa shape index (κ3) is 2.92. The van der Waals surface area contributed by atoms with Crippen molar-refractivity contribution < 1.29 is 9.34 Å². The Morgan fingerprint density at radius 3 is 2.95 bits per heavy atom. The number of hydrogen-bond donors (Lipinski definition) is 1. The van der Waals surface area contributed by atoms with Crippen LogP contribution in [-0.2, 0) is 13.0 Å². The van der Waals surface area contributed by atoms with Crippen LogP contribution in [0.4, 0.5) is 11.4 Å². The first-order chi connectivity index (χ1) is 9.63. The molecule has 0 aliphatic carbocycles. The average molecular weight is 272 g/mol. The summed E-state index contributed by atoms with van der Waals surface area (Å²) in [6.45, 7) is 2.19. The van der Waals surface area contributed by atoms with Gasteiger partial charge in [-0.15, -0.1) is 0 Å². The zero-order chi connectivity index (χ0) is 14.5. The molecule has 0 atom stereocenters. The smallest absolute Gasteiger partial charge is 0.293 e. The predicted octanol–water partition coefficient (Wildman–Crippen LogP) is 2.63. The summed E-state index contributed by atoms with van der Waals surface area (Å²) in [6.07, 6.45) is 2.37. The second-order valence-corrected chi connectivity index (χ2v) is 4.03. The molecule has 0 amide bonds. The molecule has 0 fully saturated rings. The molecule has 20 heavy (non-hydrogen) atoms. The standard InChI is InChI=1S/C13H12N4O3/c1-2-10-7-16-13(20-10)8-15-11-4-3-9(6-14)5-12(11)17(18)19/h3-5,7,15H,2,8H2,1H3. The number of benzene rings is 1. The number of nitriles is 1. The molecule has 0 radical (unpaired) electrons. The molecule has 0 saturated heterocycles. The minimum absolute atomic E-state index is 0.147. The van der Waals surface area contributed by atoms with Crippen LogP contribution < -0.4 is 5.32 Å². The Bertz CT molecular complexity index is 672. The van der Waals surface area contributed by atoms with E-state index in [9.17, 15) is 10.1 Å². The average Bonchev–Trinajstić information content (AvgIpc) is 2.92. The number of oxazole rings is 1. The summed E-state index contributed by atoms with van der Waals surface area (Å²) in [4.78, 5) is 14.5. The van der Waals surface area contributed by atoms with Crippen LogP contribution in [0.2, 0.25) is 0 Å². The van der Waals surface area contributed by atoms with Gasteiger partial charge in [-0.1, -0.05) is 6.92 Å². The number of nitro groups is 1. The molecule has 102 valence electrons. The zero-order valence-corrected chi connectivity index (χ0v) is 10.8. The fraction of sp³-hybridized carbons (Fsp3) is 0.231. The van der Waals surface area contributed by atoms with Gasteiger partial charge >= 0.3 is 0 Å². The van der Waals surface area contributed by atoms with Crippen molar-refractivity contribution in [2.45, 2.75) is 19.9 Å². The molecule has 7 heteroatoms. The van der Waals surface area contributed by atoms with Crippen LogP contribution in [0.1, 0.15) is 24.1 Å². The van der Waals surface area contributed by atoms with Crippen molar-refractivity contribution in [3.05, 3.63) is 51.7 Å². The van der Waals surface area contributed by atoms with Crippen LogP contribution in [0.25, 0.3) is 0 Å². The van der Waals surface area contributed by atoms with Gasteiger partial charge in [0.2, 0.25) is 5.89 Å². The van der Waals surface area contributed by atoms with Gasteiger partial charge in [0, 0.05) is 12.5 Å². The summed E-state index contributed by atoms with van der Waals surface area (Å²) in [5.41, 5.74) is 0.420. The Balaban J connectivity index is 2.16. The number of nitro benzene ring substituents is 1. The molecule has 1 aromatic carbocycles. The van der Waals surface area contributed by atoms with Crippen molar-refractivity contribution in [3.63, 3.8) is 0 Å². The van der Waals surface area contributed by atoms with Gasteiger partial charge in [-0.25, -0.2) is 4.98 Å². The van der Waals surface area contributed by atoms with E-state index < -0.39 is 4.92 Å². The minimum Gasteiger partial charge on any atom is -0.444 e. The highest BCUT2D eigenvalue weighted by Gasteiger charge is 2.15. The Morgan fingerprint density at radius 2 is 2.35 bits per heavy atom. The molecule has 1 aromatic heterocycles. The van der Waals surface area contributed by atoms with Gasteiger partial charge in [-0.3, -0.25) is 10.1 Å². The Morgan fingerprint density at radius 1 is 1.55 bits per heavy atom. The van der Waals surface area contributed by atoms with Crippen LogP contribution in [0.3, 0.4) is 0 Å². The fourth-order valence-electron chi connectivity index (χ4n) is 1.67. The fourth-order valence-corrected chi connectivity index (χ4v) is 1.67. The lowest BCUT2D eigenvalue weighted by molar-refractivity contribution is -0.384. The van der Waals surface area contributed by atoms with E-state index in [1.54, 1.807) is 6.20 Å². The van der Waals surface area contributed by atoms with E-state index in [0.717, 1.165) is 12.2 Å². The second-order valence-electron chi connectivity index (χ2n) is 4.03. The number of aryl methyl sites for hydroxylation is 1. The van der Waals surface area contributed by atoms with Gasteiger partial charge in [-0.05, 0) is 12.1 Å². The van der Waals surface area contributed by atoms with Crippen molar-refractivity contribution >= 4 is 11.4 Å². The second kappa shape index (κ2) is 5.84. The highest BCUT2D eigenvalue weighted by Crippen LogP contribution is 2.25. The Kier molecular flexibility index (Phi) is 3.96. The van der Waals surface area contributed by atoms with E-state index in [-0.39, 0.29) is 17.8 Å². The first kappa shape index (κ1) is 13.5. The molecular weight excluding hydrogens is 260 g/mol. The highest BCUT2D eigenvalue weighted by atomic mass is 16.6. The van der Waals surface area contributed by atoms with E-state index >= 15 is 0 Å². The van der Waals surface area contributed by atoms with Crippen LogP contribution in [0.5, 0.6) is 0 Å². The molecule has 0 unspecified atom stereocenters. The summed E-state index contributed by atoms with van der Waals surface area (Å²) >= 11 is 0. The maximum Gasteiger partial charge on any atom is 0.293 e. The first-order valence-corrected chi connectivity index (χ1v) is 6.00. The number of hydrogen-bond acceptors (Lipinski definition) is 6. The third-order valence-corrected chi connectivity index (χ3v) is 2.70. The molecule has 0 aliphatic heterocycles. The number of nitrogens with one attached hydrogen (secondary N) is 1. The SMILES string of the molecule is CCc1cnc(CNc2ccc(C#N)cc2[N+](=O)[O-])o1. The van der Waals surface area contributed by atoms with Gasteiger partial charge < -0.3 is 9.73 Å². The molecule has 0 spiro atoms. The lowest BCUT2D eigenvalue weighted by atomic mass is 10.2. The van der Waals surface area contributed by atoms with E-state index in [1.165, 1.54) is 18.2 Å². The quantitative estimate of drug-likeness (QED) is 0.662. The van der Waals surface area contributed by atoms with E-state index in [1.807, 2.05) is 13.0 Å². The van der Waals surface area contributed by atoms with Gasteiger partial charge in [0.05, 0.1) is 29.3 Å². The summed E-state index contributed by atoms with van der Waals surface area (Å²) in [6, 6.07) is 6.12. The summed E-state index contributed by atoms with van der Waals surface area (Å²) in [5.74, 6) is 1.22. The van der Waals surface area contributed by atoms with Crippen LogP contribution in [-0.4, -0.2) is 9.91 Å². The molecule has 1 N–H and O–H groups in total. The highest BCUT2D eigenvalue weighted by molar-refractivity contribution is 5.63. The van der Waals surface area contributed by atoms with Crippen molar-refractivity contribution in [3.8, 4) is 6.07 Å².